The van der Waals surface area contributed by atoms with Gasteiger partial charge in [0.2, 0.25) is 0 Å². The first-order chi connectivity index (χ1) is 8.77. The van der Waals surface area contributed by atoms with Crippen LogP contribution >= 0.6 is 0 Å². The third kappa shape index (κ3) is 14.9. The van der Waals surface area contributed by atoms with Crippen LogP contribution in [-0.4, -0.2) is 11.1 Å². The standard InChI is InChI=1S/C16H28O2/c1-2-3-4-5-6-7-8-9-10-11-12-13-14-15-16(17)18/h2,12-13H,1,3-11,14-15H2,(H,17,18)/b13-12+. The highest BCUT2D eigenvalue weighted by Gasteiger charge is 1.92. The van der Waals surface area contributed by atoms with Crippen LogP contribution in [-0.2, 0) is 4.79 Å². The van der Waals surface area contributed by atoms with E-state index in [2.05, 4.69) is 12.7 Å². The van der Waals surface area contributed by atoms with Gasteiger partial charge in [-0.1, -0.05) is 50.3 Å². The summed E-state index contributed by atoms with van der Waals surface area (Å²) in [5.74, 6) is -0.712. The van der Waals surface area contributed by atoms with Crippen molar-refractivity contribution in [3.63, 3.8) is 0 Å². The second-order valence-electron chi connectivity index (χ2n) is 4.74. The fourth-order valence-electron chi connectivity index (χ4n) is 1.88. The highest BCUT2D eigenvalue weighted by atomic mass is 16.4. The summed E-state index contributed by atoms with van der Waals surface area (Å²) in [6.07, 6.45) is 18.4. The Morgan fingerprint density at radius 3 is 1.89 bits per heavy atom. The minimum atomic E-state index is -0.712. The average molecular weight is 252 g/mol. The zero-order valence-corrected chi connectivity index (χ0v) is 11.6. The molecule has 0 radical (unpaired) electrons. The van der Waals surface area contributed by atoms with Gasteiger partial charge in [0, 0.05) is 6.42 Å². The molecule has 0 amide bonds. The molecule has 0 aliphatic heterocycles. The molecule has 104 valence electrons. The number of carboxylic acid groups (broad SMARTS) is 1. The predicted octanol–water partition coefficient (Wildman–Crippen LogP) is 5.10. The molecule has 0 aliphatic rings. The van der Waals surface area contributed by atoms with Crippen LogP contribution in [0.4, 0.5) is 0 Å². The molecule has 2 heteroatoms. The molecule has 0 bridgehead atoms. The summed E-state index contributed by atoms with van der Waals surface area (Å²) in [5.41, 5.74) is 0. The molecule has 0 aromatic heterocycles. The summed E-state index contributed by atoms with van der Waals surface area (Å²) >= 11 is 0. The Labute approximate surface area is 112 Å². The molecule has 0 saturated carbocycles. The predicted molar refractivity (Wildman–Crippen MR) is 77.8 cm³/mol. The third-order valence-corrected chi connectivity index (χ3v) is 2.97. The first kappa shape index (κ1) is 16.9. The van der Waals surface area contributed by atoms with Crippen LogP contribution in [0.2, 0.25) is 0 Å². The van der Waals surface area contributed by atoms with Gasteiger partial charge < -0.3 is 5.11 Å². The van der Waals surface area contributed by atoms with Crippen LogP contribution in [0.1, 0.15) is 70.6 Å². The summed E-state index contributed by atoms with van der Waals surface area (Å²) in [6, 6.07) is 0. The smallest absolute Gasteiger partial charge is 0.303 e. The molecule has 0 heterocycles. The van der Waals surface area contributed by atoms with Crippen LogP contribution in [0.3, 0.4) is 0 Å². The Bertz CT molecular complexity index is 231. The SMILES string of the molecule is C=CCCCCCCCCC/C=C/CCC(=O)O. The highest BCUT2D eigenvalue weighted by molar-refractivity contribution is 5.66. The van der Waals surface area contributed by atoms with Gasteiger partial charge in [-0.25, -0.2) is 0 Å². The first-order valence-electron chi connectivity index (χ1n) is 7.25. The molecule has 0 aromatic carbocycles. The lowest BCUT2D eigenvalue weighted by Gasteiger charge is -1.99. The molecule has 0 aliphatic carbocycles. The first-order valence-corrected chi connectivity index (χ1v) is 7.25. The molecular weight excluding hydrogens is 224 g/mol. The van der Waals surface area contributed by atoms with E-state index >= 15 is 0 Å². The molecule has 0 unspecified atom stereocenters. The Balaban J connectivity index is 3.06. The lowest BCUT2D eigenvalue weighted by atomic mass is 10.1. The Morgan fingerprint density at radius 1 is 0.833 bits per heavy atom. The fourth-order valence-corrected chi connectivity index (χ4v) is 1.88. The largest absolute Gasteiger partial charge is 0.481 e. The van der Waals surface area contributed by atoms with Crippen molar-refractivity contribution in [2.24, 2.45) is 0 Å². The number of rotatable bonds is 13. The quantitative estimate of drug-likeness (QED) is 0.365. The maximum Gasteiger partial charge on any atom is 0.303 e. The van der Waals surface area contributed by atoms with Crippen LogP contribution in [0.5, 0.6) is 0 Å². The zero-order valence-electron chi connectivity index (χ0n) is 11.6. The van der Waals surface area contributed by atoms with E-state index in [9.17, 15) is 4.79 Å². The van der Waals surface area contributed by atoms with Crippen molar-refractivity contribution < 1.29 is 9.90 Å². The number of hydrogen-bond donors (Lipinski definition) is 1. The van der Waals surface area contributed by atoms with Crippen molar-refractivity contribution >= 4 is 5.97 Å². The van der Waals surface area contributed by atoms with Gasteiger partial charge in [-0.15, -0.1) is 6.58 Å². The Hall–Kier alpha value is -1.05. The number of carbonyl (C=O) groups is 1. The van der Waals surface area contributed by atoms with E-state index in [-0.39, 0.29) is 6.42 Å². The summed E-state index contributed by atoms with van der Waals surface area (Å²) in [6.45, 7) is 3.72. The van der Waals surface area contributed by atoms with Crippen molar-refractivity contribution in [1.82, 2.24) is 0 Å². The van der Waals surface area contributed by atoms with Gasteiger partial charge in [0.1, 0.15) is 0 Å². The molecule has 1 N–H and O–H groups in total. The van der Waals surface area contributed by atoms with Crippen molar-refractivity contribution in [3.05, 3.63) is 24.8 Å². The third-order valence-electron chi connectivity index (χ3n) is 2.97. The van der Waals surface area contributed by atoms with Crippen molar-refractivity contribution in [2.45, 2.75) is 70.6 Å². The van der Waals surface area contributed by atoms with Crippen molar-refractivity contribution in [3.8, 4) is 0 Å². The van der Waals surface area contributed by atoms with Gasteiger partial charge in [-0.05, 0) is 32.1 Å². The van der Waals surface area contributed by atoms with Crippen LogP contribution in [0.15, 0.2) is 24.8 Å². The van der Waals surface area contributed by atoms with Gasteiger partial charge >= 0.3 is 5.97 Å². The minimum Gasteiger partial charge on any atom is -0.481 e. The second-order valence-corrected chi connectivity index (χ2v) is 4.74. The maximum absolute atomic E-state index is 10.3. The molecule has 2 nitrogen and oxygen atoms in total. The van der Waals surface area contributed by atoms with Gasteiger partial charge in [0.25, 0.3) is 0 Å². The van der Waals surface area contributed by atoms with Crippen LogP contribution in [0, 0.1) is 0 Å². The minimum absolute atomic E-state index is 0.251. The van der Waals surface area contributed by atoms with E-state index in [1.165, 1.54) is 44.9 Å². The summed E-state index contributed by atoms with van der Waals surface area (Å²) in [4.78, 5) is 10.3. The lowest BCUT2D eigenvalue weighted by Crippen LogP contribution is -1.91. The molecule has 0 rings (SSSR count). The van der Waals surface area contributed by atoms with Gasteiger partial charge in [-0.2, -0.15) is 0 Å². The fraction of sp³-hybridized carbons (Fsp3) is 0.688. The summed E-state index contributed by atoms with van der Waals surface area (Å²) in [5, 5.41) is 8.45. The van der Waals surface area contributed by atoms with Crippen molar-refractivity contribution in [1.29, 1.82) is 0 Å². The van der Waals surface area contributed by atoms with Crippen molar-refractivity contribution in [2.75, 3.05) is 0 Å². The molecular formula is C16H28O2. The van der Waals surface area contributed by atoms with Gasteiger partial charge in [-0.3, -0.25) is 4.79 Å². The molecule has 0 spiro atoms. The molecule has 0 aromatic rings. The van der Waals surface area contributed by atoms with E-state index in [0.29, 0.717) is 6.42 Å². The Kier molecular flexibility index (Phi) is 13.2. The molecule has 0 fully saturated rings. The number of carboxylic acids is 1. The topological polar surface area (TPSA) is 37.3 Å². The summed E-state index contributed by atoms with van der Waals surface area (Å²) < 4.78 is 0. The number of aliphatic carboxylic acids is 1. The summed E-state index contributed by atoms with van der Waals surface area (Å²) in [7, 11) is 0. The average Bonchev–Trinajstić information content (AvgIpc) is 2.34. The number of allylic oxidation sites excluding steroid dienone is 3. The normalized spacial score (nSPS) is 10.9. The number of unbranched alkanes of at least 4 members (excludes halogenated alkanes) is 8. The van der Waals surface area contributed by atoms with Crippen LogP contribution < -0.4 is 0 Å². The zero-order chi connectivity index (χ0) is 13.5. The molecule has 18 heavy (non-hydrogen) atoms. The number of hydrogen-bond acceptors (Lipinski definition) is 1. The maximum atomic E-state index is 10.3. The van der Waals surface area contributed by atoms with E-state index in [4.69, 9.17) is 5.11 Å². The van der Waals surface area contributed by atoms with E-state index in [0.717, 1.165) is 12.8 Å². The second kappa shape index (κ2) is 14.0. The van der Waals surface area contributed by atoms with E-state index in [1.54, 1.807) is 0 Å². The van der Waals surface area contributed by atoms with Gasteiger partial charge in [0.05, 0.1) is 0 Å². The molecule has 0 saturated heterocycles. The van der Waals surface area contributed by atoms with Gasteiger partial charge in [0.15, 0.2) is 0 Å². The van der Waals surface area contributed by atoms with E-state index < -0.39 is 5.97 Å². The molecule has 0 atom stereocenters. The van der Waals surface area contributed by atoms with E-state index in [1.807, 2.05) is 12.2 Å². The highest BCUT2D eigenvalue weighted by Crippen LogP contribution is 2.10. The van der Waals surface area contributed by atoms with Crippen LogP contribution in [0.25, 0.3) is 0 Å². The lowest BCUT2D eigenvalue weighted by molar-refractivity contribution is -0.136. The Morgan fingerprint density at radius 2 is 1.33 bits per heavy atom. The monoisotopic (exact) mass is 252 g/mol.